The van der Waals surface area contributed by atoms with Crippen molar-refractivity contribution < 1.29 is 28.2 Å². The lowest BCUT2D eigenvalue weighted by molar-refractivity contribution is -0.0952. The van der Waals surface area contributed by atoms with E-state index in [0.29, 0.717) is 0 Å². The molecule has 0 radical (unpaired) electrons. The van der Waals surface area contributed by atoms with E-state index in [2.05, 4.69) is 4.98 Å². The Morgan fingerprint density at radius 3 is 2.59 bits per heavy atom. The van der Waals surface area contributed by atoms with Crippen LogP contribution in [0.5, 0.6) is 11.6 Å². The largest absolute Gasteiger partial charge is 0.444 e. The lowest BCUT2D eigenvalue weighted by Gasteiger charge is -2.41. The van der Waals surface area contributed by atoms with Gasteiger partial charge < -0.3 is 25.2 Å². The fourth-order valence-corrected chi connectivity index (χ4v) is 3.20. The lowest BCUT2D eigenvalue weighted by Crippen LogP contribution is -2.58. The number of hydrogen-bond acceptors (Lipinski definition) is 7. The molecule has 1 amide bonds. The van der Waals surface area contributed by atoms with Gasteiger partial charge in [-0.25, -0.2) is 18.6 Å². The van der Waals surface area contributed by atoms with Crippen LogP contribution < -0.4 is 16.0 Å². The van der Waals surface area contributed by atoms with Crippen molar-refractivity contribution in [3.05, 3.63) is 46.8 Å². The van der Waals surface area contributed by atoms with E-state index < -0.39 is 41.4 Å². The third-order valence-corrected chi connectivity index (χ3v) is 4.94. The first-order chi connectivity index (χ1) is 14.9. The third-order valence-electron chi connectivity index (χ3n) is 4.94. The Bertz CT molecular complexity index is 1040. The third kappa shape index (κ3) is 5.34. The van der Waals surface area contributed by atoms with E-state index in [9.17, 15) is 23.5 Å². The highest BCUT2D eigenvalue weighted by Crippen LogP contribution is 2.29. The first-order valence-corrected chi connectivity index (χ1v) is 10.0. The number of nitrogens with zero attached hydrogens (tertiary/aromatic N) is 3. The zero-order valence-corrected chi connectivity index (χ0v) is 18.0. The fraction of sp³-hybridized carbons (Fsp3) is 0.476. The molecule has 1 aromatic heterocycles. The SMILES string of the molecule is CC(C)(C)OC(=O)N1CC[C@](O)(Cn2cnc(Oc3ccc(F)cc3)c(N)c2=O)[C@H](F)C1. The van der Waals surface area contributed by atoms with Crippen molar-refractivity contribution >= 4 is 11.8 Å². The summed E-state index contributed by atoms with van der Waals surface area (Å²) in [5.41, 5.74) is 2.11. The lowest BCUT2D eigenvalue weighted by atomic mass is 9.89. The molecule has 11 heteroatoms. The number of hydrogen-bond donors (Lipinski definition) is 2. The van der Waals surface area contributed by atoms with Gasteiger partial charge in [0.1, 0.15) is 35.3 Å². The molecule has 1 aliphatic rings. The van der Waals surface area contributed by atoms with E-state index in [0.717, 1.165) is 10.9 Å². The van der Waals surface area contributed by atoms with Crippen LogP contribution in [0.3, 0.4) is 0 Å². The molecule has 3 N–H and O–H groups in total. The molecule has 1 aromatic carbocycles. The van der Waals surface area contributed by atoms with E-state index in [4.69, 9.17) is 15.2 Å². The molecule has 1 aliphatic heterocycles. The maximum atomic E-state index is 14.9. The van der Waals surface area contributed by atoms with Crippen LogP contribution in [0.1, 0.15) is 27.2 Å². The molecule has 0 aliphatic carbocycles. The number of alkyl halides is 1. The van der Waals surface area contributed by atoms with Crippen molar-refractivity contribution in [1.29, 1.82) is 0 Å². The maximum absolute atomic E-state index is 14.9. The molecule has 174 valence electrons. The van der Waals surface area contributed by atoms with Gasteiger partial charge >= 0.3 is 6.09 Å². The molecule has 0 bridgehead atoms. The number of rotatable bonds is 4. The number of anilines is 1. The summed E-state index contributed by atoms with van der Waals surface area (Å²) in [5.74, 6) is -0.429. The molecule has 0 unspecified atom stereocenters. The number of benzene rings is 1. The van der Waals surface area contributed by atoms with Crippen LogP contribution in [-0.4, -0.2) is 56.1 Å². The van der Waals surface area contributed by atoms with Crippen molar-refractivity contribution in [1.82, 2.24) is 14.5 Å². The minimum atomic E-state index is -1.91. The standard InChI is InChI=1S/C21H26F2N4O5/c1-20(2,3)32-19(29)26-9-8-21(30,15(23)10-26)11-27-12-25-17(16(24)18(27)28)31-14-6-4-13(22)5-7-14/h4-7,12,15,30H,8-11,24H2,1-3H3/t15-,21+/m1/s1. The predicted molar refractivity (Wildman–Crippen MR) is 112 cm³/mol. The number of halogens is 2. The summed E-state index contributed by atoms with van der Waals surface area (Å²) in [6.07, 6.45) is -1.53. The molecule has 2 atom stereocenters. The van der Waals surface area contributed by atoms with Crippen LogP contribution in [0.15, 0.2) is 35.4 Å². The monoisotopic (exact) mass is 452 g/mol. The Labute approximate surface area is 183 Å². The van der Waals surface area contributed by atoms with Gasteiger partial charge in [-0.2, -0.15) is 0 Å². The summed E-state index contributed by atoms with van der Waals surface area (Å²) in [4.78, 5) is 29.9. The van der Waals surface area contributed by atoms with E-state index in [1.165, 1.54) is 29.2 Å². The topological polar surface area (TPSA) is 120 Å². The van der Waals surface area contributed by atoms with E-state index in [1.807, 2.05) is 0 Å². The van der Waals surface area contributed by atoms with Crippen LogP contribution in [-0.2, 0) is 11.3 Å². The number of piperidine rings is 1. The Hall–Kier alpha value is -3.21. The molecule has 0 spiro atoms. The van der Waals surface area contributed by atoms with Gasteiger partial charge in [0.05, 0.1) is 13.1 Å². The normalized spacial score (nSPS) is 21.3. The number of likely N-dealkylation sites (tertiary alicyclic amines) is 1. The highest BCUT2D eigenvalue weighted by molar-refractivity contribution is 5.68. The van der Waals surface area contributed by atoms with Crippen molar-refractivity contribution in [3.63, 3.8) is 0 Å². The zero-order valence-electron chi connectivity index (χ0n) is 18.0. The molecule has 1 fully saturated rings. The smallest absolute Gasteiger partial charge is 0.410 e. The van der Waals surface area contributed by atoms with Gasteiger partial charge in [-0.05, 0) is 51.5 Å². The molecular weight excluding hydrogens is 426 g/mol. The number of nitrogen functional groups attached to an aromatic ring is 1. The Balaban J connectivity index is 1.71. The predicted octanol–water partition coefficient (Wildman–Crippen LogP) is 2.47. The Morgan fingerprint density at radius 2 is 2.00 bits per heavy atom. The minimum absolute atomic E-state index is 0.0508. The van der Waals surface area contributed by atoms with Crippen LogP contribution in [0.4, 0.5) is 19.3 Å². The van der Waals surface area contributed by atoms with Gasteiger partial charge in [0.2, 0.25) is 5.88 Å². The molecule has 32 heavy (non-hydrogen) atoms. The summed E-state index contributed by atoms with van der Waals surface area (Å²) >= 11 is 0. The summed E-state index contributed by atoms with van der Waals surface area (Å²) in [5, 5.41) is 10.8. The van der Waals surface area contributed by atoms with Crippen molar-refractivity contribution in [2.75, 3.05) is 18.8 Å². The van der Waals surface area contributed by atoms with Gasteiger partial charge in [-0.15, -0.1) is 0 Å². The first-order valence-electron chi connectivity index (χ1n) is 10.0. The number of carbonyl (C=O) groups excluding carboxylic acids is 1. The highest BCUT2D eigenvalue weighted by atomic mass is 19.1. The van der Waals surface area contributed by atoms with E-state index >= 15 is 0 Å². The summed E-state index contributed by atoms with van der Waals surface area (Å²) < 4.78 is 39.5. The van der Waals surface area contributed by atoms with Crippen LogP contribution in [0, 0.1) is 5.82 Å². The van der Waals surface area contributed by atoms with Crippen molar-refractivity contribution in [3.8, 4) is 11.6 Å². The molecule has 2 heterocycles. The second-order valence-corrected chi connectivity index (χ2v) is 8.70. The molecular formula is C21H26F2N4O5. The highest BCUT2D eigenvalue weighted by Gasteiger charge is 2.44. The van der Waals surface area contributed by atoms with Gasteiger partial charge in [0.25, 0.3) is 5.56 Å². The molecule has 3 rings (SSSR count). The minimum Gasteiger partial charge on any atom is -0.444 e. The second kappa shape index (κ2) is 8.73. The first kappa shape index (κ1) is 23.5. The van der Waals surface area contributed by atoms with Gasteiger partial charge in [-0.1, -0.05) is 0 Å². The molecule has 1 saturated heterocycles. The van der Waals surface area contributed by atoms with E-state index in [-0.39, 0.29) is 36.8 Å². The number of amides is 1. The van der Waals surface area contributed by atoms with Crippen molar-refractivity contribution in [2.24, 2.45) is 0 Å². The van der Waals surface area contributed by atoms with Crippen LogP contribution >= 0.6 is 0 Å². The number of carbonyl (C=O) groups is 1. The number of nitrogens with two attached hydrogens (primary N) is 1. The van der Waals surface area contributed by atoms with Crippen LogP contribution in [0.2, 0.25) is 0 Å². The quantitative estimate of drug-likeness (QED) is 0.731. The Kier molecular flexibility index (Phi) is 6.40. The summed E-state index contributed by atoms with van der Waals surface area (Å²) in [7, 11) is 0. The second-order valence-electron chi connectivity index (χ2n) is 8.70. The van der Waals surface area contributed by atoms with Gasteiger partial charge in [0.15, 0.2) is 5.69 Å². The maximum Gasteiger partial charge on any atom is 0.410 e. The summed E-state index contributed by atoms with van der Waals surface area (Å²) in [6.45, 7) is 4.36. The molecule has 0 saturated carbocycles. The van der Waals surface area contributed by atoms with Crippen LogP contribution in [0.25, 0.3) is 0 Å². The summed E-state index contributed by atoms with van der Waals surface area (Å²) in [6, 6.07) is 5.04. The van der Waals surface area contributed by atoms with Crippen molar-refractivity contribution in [2.45, 2.75) is 51.1 Å². The van der Waals surface area contributed by atoms with Gasteiger partial charge in [0, 0.05) is 6.54 Å². The molecule has 2 aromatic rings. The zero-order chi connectivity index (χ0) is 23.7. The number of aromatic nitrogens is 2. The average molecular weight is 452 g/mol. The fourth-order valence-electron chi connectivity index (χ4n) is 3.20. The number of ether oxygens (including phenoxy) is 2. The average Bonchev–Trinajstić information content (AvgIpc) is 2.70. The molecule has 9 nitrogen and oxygen atoms in total. The number of aliphatic hydroxyl groups is 1. The van der Waals surface area contributed by atoms with Gasteiger partial charge in [-0.3, -0.25) is 9.36 Å². The Morgan fingerprint density at radius 1 is 1.34 bits per heavy atom. The van der Waals surface area contributed by atoms with E-state index in [1.54, 1.807) is 20.8 Å².